The molecule has 1 amide bonds. The lowest BCUT2D eigenvalue weighted by atomic mass is 9.87. The van der Waals surface area contributed by atoms with Gasteiger partial charge in [0, 0.05) is 25.6 Å². The summed E-state index contributed by atoms with van der Waals surface area (Å²) >= 11 is 0. The molecule has 0 radical (unpaired) electrons. The highest BCUT2D eigenvalue weighted by molar-refractivity contribution is 5.83. The number of carbonyl (C=O) groups excluding carboxylic acids is 2. The molecular weight excluding hydrogens is 246 g/mol. The number of nitrogens with zero attached hydrogens (tertiary/aromatic N) is 1. The SMILES string of the molecule is COCCN(CCC(=O)OC)C(=O)C1(C)CCCC1. The standard InChI is InChI=1S/C14H25NO4/c1-14(7-4-5-8-14)13(17)15(10-11-18-2)9-6-12(16)19-3/h4-11H2,1-3H3. The second-order valence-corrected chi connectivity index (χ2v) is 5.38. The summed E-state index contributed by atoms with van der Waals surface area (Å²) in [4.78, 5) is 25.6. The van der Waals surface area contributed by atoms with E-state index in [0.29, 0.717) is 19.7 Å². The van der Waals surface area contributed by atoms with E-state index < -0.39 is 0 Å². The first-order valence-electron chi connectivity index (χ1n) is 6.88. The summed E-state index contributed by atoms with van der Waals surface area (Å²) in [6.45, 7) is 3.45. The normalized spacial score (nSPS) is 17.2. The molecule has 1 fully saturated rings. The van der Waals surface area contributed by atoms with Gasteiger partial charge in [-0.25, -0.2) is 0 Å². The topological polar surface area (TPSA) is 55.8 Å². The maximum atomic E-state index is 12.6. The van der Waals surface area contributed by atoms with Crippen LogP contribution in [0.5, 0.6) is 0 Å². The zero-order chi connectivity index (χ0) is 14.3. The zero-order valence-electron chi connectivity index (χ0n) is 12.2. The fourth-order valence-corrected chi connectivity index (χ4v) is 2.60. The number of rotatable bonds is 7. The molecule has 0 aromatic rings. The Bertz CT molecular complexity index is 311. The van der Waals surface area contributed by atoms with E-state index >= 15 is 0 Å². The monoisotopic (exact) mass is 271 g/mol. The van der Waals surface area contributed by atoms with Gasteiger partial charge in [0.15, 0.2) is 0 Å². The molecule has 5 nitrogen and oxygen atoms in total. The third-order valence-electron chi connectivity index (χ3n) is 3.89. The Morgan fingerprint density at radius 2 is 1.79 bits per heavy atom. The molecule has 1 saturated carbocycles. The van der Waals surface area contributed by atoms with E-state index in [2.05, 4.69) is 4.74 Å². The van der Waals surface area contributed by atoms with Gasteiger partial charge < -0.3 is 14.4 Å². The lowest BCUT2D eigenvalue weighted by Crippen LogP contribution is -2.43. The van der Waals surface area contributed by atoms with Crippen LogP contribution in [-0.4, -0.2) is 50.7 Å². The first-order chi connectivity index (χ1) is 9.03. The van der Waals surface area contributed by atoms with E-state index in [1.807, 2.05) is 6.92 Å². The van der Waals surface area contributed by atoms with Crippen molar-refractivity contribution in [3.8, 4) is 0 Å². The average molecular weight is 271 g/mol. The van der Waals surface area contributed by atoms with E-state index in [1.54, 1.807) is 12.0 Å². The van der Waals surface area contributed by atoms with E-state index in [0.717, 1.165) is 25.7 Å². The molecule has 0 bridgehead atoms. The van der Waals surface area contributed by atoms with Crippen molar-refractivity contribution >= 4 is 11.9 Å². The van der Waals surface area contributed by atoms with Crippen LogP contribution in [0.25, 0.3) is 0 Å². The van der Waals surface area contributed by atoms with Gasteiger partial charge in [0.1, 0.15) is 0 Å². The van der Waals surface area contributed by atoms with Crippen molar-refractivity contribution in [1.29, 1.82) is 0 Å². The summed E-state index contributed by atoms with van der Waals surface area (Å²) in [6.07, 6.45) is 4.33. The van der Waals surface area contributed by atoms with Crippen LogP contribution in [0.3, 0.4) is 0 Å². The van der Waals surface area contributed by atoms with Crippen molar-refractivity contribution < 1.29 is 19.1 Å². The maximum Gasteiger partial charge on any atom is 0.307 e. The summed E-state index contributed by atoms with van der Waals surface area (Å²) in [5, 5.41) is 0. The molecule has 0 aromatic carbocycles. The molecule has 0 heterocycles. The van der Waals surface area contributed by atoms with Crippen LogP contribution in [0.4, 0.5) is 0 Å². The van der Waals surface area contributed by atoms with Crippen molar-refractivity contribution in [3.63, 3.8) is 0 Å². The maximum absolute atomic E-state index is 12.6. The quantitative estimate of drug-likeness (QED) is 0.660. The Labute approximate surface area is 115 Å². The predicted molar refractivity (Wildman–Crippen MR) is 71.7 cm³/mol. The number of hydrogen-bond donors (Lipinski definition) is 0. The molecule has 0 saturated heterocycles. The number of amides is 1. The lowest BCUT2D eigenvalue weighted by Gasteiger charge is -2.31. The van der Waals surface area contributed by atoms with Crippen LogP contribution >= 0.6 is 0 Å². The molecule has 5 heteroatoms. The van der Waals surface area contributed by atoms with Crippen molar-refractivity contribution in [3.05, 3.63) is 0 Å². The molecule has 1 rings (SSSR count). The van der Waals surface area contributed by atoms with Gasteiger partial charge in [-0.15, -0.1) is 0 Å². The number of methoxy groups -OCH3 is 2. The fourth-order valence-electron chi connectivity index (χ4n) is 2.60. The lowest BCUT2D eigenvalue weighted by molar-refractivity contribution is -0.145. The van der Waals surface area contributed by atoms with E-state index in [1.165, 1.54) is 7.11 Å². The van der Waals surface area contributed by atoms with Gasteiger partial charge in [-0.05, 0) is 12.8 Å². The van der Waals surface area contributed by atoms with Gasteiger partial charge >= 0.3 is 5.97 Å². The van der Waals surface area contributed by atoms with E-state index in [4.69, 9.17) is 4.74 Å². The molecule has 0 N–H and O–H groups in total. The van der Waals surface area contributed by atoms with Gasteiger partial charge in [-0.2, -0.15) is 0 Å². The highest BCUT2D eigenvalue weighted by Gasteiger charge is 2.38. The molecule has 0 aromatic heterocycles. The van der Waals surface area contributed by atoms with Crippen LogP contribution in [0.2, 0.25) is 0 Å². The Morgan fingerprint density at radius 3 is 2.32 bits per heavy atom. The fraction of sp³-hybridized carbons (Fsp3) is 0.857. The first-order valence-corrected chi connectivity index (χ1v) is 6.88. The molecule has 0 atom stereocenters. The van der Waals surface area contributed by atoms with Gasteiger partial charge in [0.05, 0.1) is 20.1 Å². The van der Waals surface area contributed by atoms with Crippen molar-refractivity contribution in [1.82, 2.24) is 4.90 Å². The molecular formula is C14H25NO4. The minimum atomic E-state index is -0.285. The Kier molecular flexibility index (Phi) is 6.28. The molecule has 0 unspecified atom stereocenters. The average Bonchev–Trinajstić information content (AvgIpc) is 2.86. The molecule has 1 aliphatic carbocycles. The summed E-state index contributed by atoms with van der Waals surface area (Å²) < 4.78 is 9.67. The van der Waals surface area contributed by atoms with Crippen LogP contribution < -0.4 is 0 Å². The minimum absolute atomic E-state index is 0.144. The number of hydrogen-bond acceptors (Lipinski definition) is 4. The van der Waals surface area contributed by atoms with Crippen molar-refractivity contribution in [2.24, 2.45) is 5.41 Å². The van der Waals surface area contributed by atoms with Gasteiger partial charge in [-0.3, -0.25) is 9.59 Å². The van der Waals surface area contributed by atoms with E-state index in [-0.39, 0.29) is 23.7 Å². The molecule has 0 aliphatic heterocycles. The van der Waals surface area contributed by atoms with Crippen LogP contribution in [0.15, 0.2) is 0 Å². The summed E-state index contributed by atoms with van der Waals surface area (Å²) in [7, 11) is 2.97. The molecule has 1 aliphatic rings. The Morgan fingerprint density at radius 1 is 1.16 bits per heavy atom. The minimum Gasteiger partial charge on any atom is -0.469 e. The number of ether oxygens (including phenoxy) is 2. The molecule has 110 valence electrons. The highest BCUT2D eigenvalue weighted by atomic mass is 16.5. The van der Waals surface area contributed by atoms with Crippen LogP contribution in [-0.2, 0) is 19.1 Å². The van der Waals surface area contributed by atoms with Gasteiger partial charge in [-0.1, -0.05) is 19.8 Å². The van der Waals surface area contributed by atoms with Crippen LogP contribution in [0.1, 0.15) is 39.0 Å². The van der Waals surface area contributed by atoms with Crippen molar-refractivity contribution in [2.75, 3.05) is 33.9 Å². The second kappa shape index (κ2) is 7.48. The third kappa shape index (κ3) is 4.49. The summed E-state index contributed by atoms with van der Waals surface area (Å²) in [6, 6.07) is 0. The molecule has 0 spiro atoms. The number of esters is 1. The van der Waals surface area contributed by atoms with Crippen molar-refractivity contribution in [2.45, 2.75) is 39.0 Å². The summed E-state index contributed by atoms with van der Waals surface area (Å²) in [5.74, 6) is -0.141. The van der Waals surface area contributed by atoms with Crippen LogP contribution in [0, 0.1) is 5.41 Å². The highest BCUT2D eigenvalue weighted by Crippen LogP contribution is 2.39. The predicted octanol–water partition coefficient (Wildman–Crippen LogP) is 1.60. The first kappa shape index (κ1) is 16.0. The smallest absolute Gasteiger partial charge is 0.307 e. The number of carbonyl (C=O) groups is 2. The third-order valence-corrected chi connectivity index (χ3v) is 3.89. The van der Waals surface area contributed by atoms with E-state index in [9.17, 15) is 9.59 Å². The Hall–Kier alpha value is -1.10. The zero-order valence-corrected chi connectivity index (χ0v) is 12.2. The Balaban J connectivity index is 2.61. The largest absolute Gasteiger partial charge is 0.469 e. The molecule has 19 heavy (non-hydrogen) atoms. The van der Waals surface area contributed by atoms with Gasteiger partial charge in [0.25, 0.3) is 0 Å². The van der Waals surface area contributed by atoms with Gasteiger partial charge in [0.2, 0.25) is 5.91 Å². The second-order valence-electron chi connectivity index (χ2n) is 5.38. The summed E-state index contributed by atoms with van der Waals surface area (Å²) in [5.41, 5.74) is -0.260.